The van der Waals surface area contributed by atoms with E-state index in [1.807, 2.05) is 30.3 Å². The predicted molar refractivity (Wildman–Crippen MR) is 111 cm³/mol. The second-order valence-corrected chi connectivity index (χ2v) is 7.27. The van der Waals surface area contributed by atoms with Gasteiger partial charge in [-0.25, -0.2) is 9.66 Å². The maximum atomic E-state index is 13.2. The number of carbonyl (C=O) groups is 1. The van der Waals surface area contributed by atoms with Crippen LogP contribution >= 0.6 is 0 Å². The van der Waals surface area contributed by atoms with Crippen molar-refractivity contribution >= 4 is 11.5 Å². The fourth-order valence-electron chi connectivity index (χ4n) is 3.32. The summed E-state index contributed by atoms with van der Waals surface area (Å²) in [6.45, 7) is 1.42. The van der Waals surface area contributed by atoms with Gasteiger partial charge in [0.25, 0.3) is 5.56 Å². The lowest BCUT2D eigenvalue weighted by molar-refractivity contribution is 0.100. The molecule has 0 radical (unpaired) electrons. The first-order valence-corrected chi connectivity index (χ1v) is 9.56. The summed E-state index contributed by atoms with van der Waals surface area (Å²) in [6.07, 6.45) is 2.78. The summed E-state index contributed by atoms with van der Waals surface area (Å²) < 4.78 is 1.28. The zero-order chi connectivity index (χ0) is 20.4. The normalized spacial score (nSPS) is 13.0. The number of rotatable bonds is 6. The summed E-state index contributed by atoms with van der Waals surface area (Å²) in [5.41, 5.74) is 5.62. The zero-order valence-corrected chi connectivity index (χ0v) is 16.1. The molecule has 6 heteroatoms. The van der Waals surface area contributed by atoms with E-state index in [9.17, 15) is 9.59 Å². The van der Waals surface area contributed by atoms with Crippen LogP contribution in [0.1, 0.15) is 41.5 Å². The molecule has 0 unspecified atom stereocenters. The van der Waals surface area contributed by atoms with Gasteiger partial charge in [0.05, 0.1) is 17.3 Å². The number of aromatic nitrogens is 2. The zero-order valence-electron chi connectivity index (χ0n) is 16.1. The van der Waals surface area contributed by atoms with E-state index in [4.69, 9.17) is 5.26 Å². The Bertz CT molecular complexity index is 1170. The van der Waals surface area contributed by atoms with Crippen molar-refractivity contribution in [3.63, 3.8) is 0 Å². The highest BCUT2D eigenvalue weighted by Crippen LogP contribution is 2.32. The number of ketones is 1. The molecule has 2 aromatic carbocycles. The van der Waals surface area contributed by atoms with Crippen LogP contribution < -0.4 is 11.0 Å². The molecule has 1 aliphatic rings. The Morgan fingerprint density at radius 3 is 2.62 bits per heavy atom. The molecule has 0 saturated heterocycles. The van der Waals surface area contributed by atoms with Crippen molar-refractivity contribution in [1.29, 1.82) is 5.26 Å². The van der Waals surface area contributed by atoms with E-state index < -0.39 is 0 Å². The fraction of sp³-hybridized carbons (Fsp3) is 0.217. The largest absolute Gasteiger partial charge is 0.293 e. The molecule has 1 aliphatic carbocycles. The molecule has 0 bridgehead atoms. The molecule has 3 aromatic rings. The SMILES string of the molecule is CC(=O)c1c(-c2ccccc2)nc(CC2CC2)c(=O)n1Nc1cccc(C#N)c1. The Kier molecular flexibility index (Phi) is 4.96. The van der Waals surface area contributed by atoms with Gasteiger partial charge in [0.1, 0.15) is 17.1 Å². The molecular weight excluding hydrogens is 364 g/mol. The standard InChI is InChI=1S/C23H20N4O2/c1-15(28)22-21(18-7-3-2-4-8-18)25-20(13-16-10-11-16)23(29)27(22)26-19-9-5-6-17(12-19)14-24/h2-9,12,16,26H,10-11,13H2,1H3. The Labute approximate surface area is 168 Å². The molecule has 1 fully saturated rings. The molecule has 0 atom stereocenters. The van der Waals surface area contributed by atoms with Crippen LogP contribution in [0, 0.1) is 17.2 Å². The summed E-state index contributed by atoms with van der Waals surface area (Å²) >= 11 is 0. The van der Waals surface area contributed by atoms with E-state index in [2.05, 4.69) is 16.5 Å². The van der Waals surface area contributed by atoms with Gasteiger partial charge >= 0.3 is 0 Å². The summed E-state index contributed by atoms with van der Waals surface area (Å²) in [7, 11) is 0. The molecule has 144 valence electrons. The van der Waals surface area contributed by atoms with Gasteiger partial charge in [0.15, 0.2) is 5.78 Å². The van der Waals surface area contributed by atoms with Gasteiger partial charge < -0.3 is 0 Å². The third-order valence-corrected chi connectivity index (χ3v) is 4.94. The molecule has 1 heterocycles. The van der Waals surface area contributed by atoms with E-state index in [1.165, 1.54) is 11.6 Å². The summed E-state index contributed by atoms with van der Waals surface area (Å²) in [5.74, 6) is 0.202. The number of nitriles is 1. The molecule has 4 rings (SSSR count). The van der Waals surface area contributed by atoms with Crippen LogP contribution in [0.5, 0.6) is 0 Å². The van der Waals surface area contributed by atoms with E-state index in [0.29, 0.717) is 35.0 Å². The maximum absolute atomic E-state index is 13.2. The highest BCUT2D eigenvalue weighted by atomic mass is 16.1. The number of nitrogens with one attached hydrogen (secondary N) is 1. The second-order valence-electron chi connectivity index (χ2n) is 7.27. The average molecular weight is 384 g/mol. The fourth-order valence-corrected chi connectivity index (χ4v) is 3.32. The van der Waals surface area contributed by atoms with Crippen molar-refractivity contribution in [2.24, 2.45) is 5.92 Å². The van der Waals surface area contributed by atoms with E-state index in [0.717, 1.165) is 18.4 Å². The first-order valence-electron chi connectivity index (χ1n) is 9.56. The third kappa shape index (κ3) is 3.94. The maximum Gasteiger partial charge on any atom is 0.291 e. The van der Waals surface area contributed by atoms with Gasteiger partial charge in [-0.1, -0.05) is 36.4 Å². The lowest BCUT2D eigenvalue weighted by Crippen LogP contribution is -2.35. The quantitative estimate of drug-likeness (QED) is 0.653. The van der Waals surface area contributed by atoms with Crippen molar-refractivity contribution in [2.75, 3.05) is 5.43 Å². The molecule has 1 aromatic heterocycles. The van der Waals surface area contributed by atoms with Crippen molar-refractivity contribution in [2.45, 2.75) is 26.2 Å². The van der Waals surface area contributed by atoms with Crippen LogP contribution in [-0.4, -0.2) is 15.4 Å². The molecule has 1 saturated carbocycles. The Morgan fingerprint density at radius 2 is 1.97 bits per heavy atom. The minimum atomic E-state index is -0.329. The van der Waals surface area contributed by atoms with Crippen LogP contribution in [0.25, 0.3) is 11.3 Å². The number of anilines is 1. The van der Waals surface area contributed by atoms with Gasteiger partial charge in [-0.2, -0.15) is 5.26 Å². The van der Waals surface area contributed by atoms with Crippen LogP contribution in [0.3, 0.4) is 0 Å². The molecule has 1 N–H and O–H groups in total. The van der Waals surface area contributed by atoms with Crippen molar-refractivity contribution in [3.05, 3.63) is 81.9 Å². The van der Waals surface area contributed by atoms with Gasteiger partial charge in [0.2, 0.25) is 0 Å². The summed E-state index contributed by atoms with van der Waals surface area (Å²) in [6, 6.07) is 18.3. The Balaban J connectivity index is 1.92. The number of Topliss-reactive ketones (excluding diaryl/α,β-unsaturated/α-hetero) is 1. The minimum absolute atomic E-state index is 0.197. The number of hydrogen-bond donors (Lipinski definition) is 1. The number of carbonyl (C=O) groups excluding carboxylic acids is 1. The number of hydrogen-bond acceptors (Lipinski definition) is 5. The molecule has 29 heavy (non-hydrogen) atoms. The first kappa shape index (κ1) is 18.6. The van der Waals surface area contributed by atoms with Gasteiger partial charge in [-0.3, -0.25) is 15.0 Å². The highest BCUT2D eigenvalue weighted by Gasteiger charge is 2.27. The number of benzene rings is 2. The molecular formula is C23H20N4O2. The van der Waals surface area contributed by atoms with Crippen LogP contribution in [0.15, 0.2) is 59.4 Å². The number of nitrogens with zero attached hydrogens (tertiary/aromatic N) is 3. The second kappa shape index (κ2) is 7.72. The monoisotopic (exact) mass is 384 g/mol. The van der Waals surface area contributed by atoms with Gasteiger partial charge in [-0.05, 0) is 43.4 Å². The van der Waals surface area contributed by atoms with Gasteiger partial charge in [0, 0.05) is 12.5 Å². The van der Waals surface area contributed by atoms with E-state index in [1.54, 1.807) is 24.3 Å². The van der Waals surface area contributed by atoms with Gasteiger partial charge in [-0.15, -0.1) is 0 Å². The van der Waals surface area contributed by atoms with Crippen LogP contribution in [-0.2, 0) is 6.42 Å². The Morgan fingerprint density at radius 1 is 1.21 bits per heavy atom. The van der Waals surface area contributed by atoms with E-state index >= 15 is 0 Å². The molecule has 0 spiro atoms. The predicted octanol–water partition coefficient (Wildman–Crippen LogP) is 3.81. The van der Waals surface area contributed by atoms with Crippen LogP contribution in [0.4, 0.5) is 5.69 Å². The highest BCUT2D eigenvalue weighted by molar-refractivity contribution is 5.98. The molecule has 6 nitrogen and oxygen atoms in total. The lowest BCUT2D eigenvalue weighted by Gasteiger charge is -2.18. The van der Waals surface area contributed by atoms with Crippen LogP contribution in [0.2, 0.25) is 0 Å². The average Bonchev–Trinajstić information content (AvgIpc) is 3.55. The first-order chi connectivity index (χ1) is 14.1. The minimum Gasteiger partial charge on any atom is -0.293 e. The summed E-state index contributed by atoms with van der Waals surface area (Å²) in [4.78, 5) is 30.4. The summed E-state index contributed by atoms with van der Waals surface area (Å²) in [5, 5.41) is 9.16. The topological polar surface area (TPSA) is 87.8 Å². The van der Waals surface area contributed by atoms with Crippen molar-refractivity contribution in [3.8, 4) is 17.3 Å². The van der Waals surface area contributed by atoms with Crippen molar-refractivity contribution in [1.82, 2.24) is 9.66 Å². The van der Waals surface area contributed by atoms with Crippen molar-refractivity contribution < 1.29 is 4.79 Å². The smallest absolute Gasteiger partial charge is 0.291 e. The third-order valence-electron chi connectivity index (χ3n) is 4.94. The van der Waals surface area contributed by atoms with E-state index in [-0.39, 0.29) is 17.0 Å². The molecule has 0 aliphatic heterocycles. The lowest BCUT2D eigenvalue weighted by atomic mass is 10.1. The Hall–Kier alpha value is -3.72. The molecule has 0 amide bonds.